The Morgan fingerprint density at radius 2 is 2.11 bits per heavy atom. The summed E-state index contributed by atoms with van der Waals surface area (Å²) in [6.07, 6.45) is 2.63. The molecule has 1 atom stereocenters. The zero-order chi connectivity index (χ0) is 13.0. The van der Waals surface area contributed by atoms with Crippen molar-refractivity contribution in [3.05, 3.63) is 29.8 Å². The van der Waals surface area contributed by atoms with Crippen molar-refractivity contribution in [2.45, 2.75) is 32.8 Å². The number of ether oxygens (including phenoxy) is 1. The van der Waals surface area contributed by atoms with Gasteiger partial charge in [0.1, 0.15) is 0 Å². The predicted octanol–water partition coefficient (Wildman–Crippen LogP) is 3.12. The second-order valence-electron chi connectivity index (χ2n) is 5.11. The van der Waals surface area contributed by atoms with E-state index in [1.165, 1.54) is 0 Å². The first-order chi connectivity index (χ1) is 8.66. The summed E-state index contributed by atoms with van der Waals surface area (Å²) in [6.45, 7) is 5.57. The molecule has 0 saturated carbocycles. The van der Waals surface area contributed by atoms with E-state index >= 15 is 0 Å². The van der Waals surface area contributed by atoms with Crippen LogP contribution in [0.2, 0.25) is 0 Å². The van der Waals surface area contributed by atoms with Gasteiger partial charge in [0, 0.05) is 30.3 Å². The van der Waals surface area contributed by atoms with Crippen LogP contribution in [0, 0.1) is 5.92 Å². The van der Waals surface area contributed by atoms with Gasteiger partial charge in [-0.3, -0.25) is 4.79 Å². The Bertz CT molecular complexity index is 391. The Kier molecular flexibility index (Phi) is 4.37. The molecule has 2 rings (SSSR count). The van der Waals surface area contributed by atoms with Gasteiger partial charge in [0.05, 0.1) is 6.10 Å². The van der Waals surface area contributed by atoms with Crippen LogP contribution in [0.15, 0.2) is 24.3 Å². The van der Waals surface area contributed by atoms with Gasteiger partial charge in [-0.1, -0.05) is 13.8 Å². The Hall–Kier alpha value is -1.35. The fraction of sp³-hybridized carbons (Fsp3) is 0.533. The van der Waals surface area contributed by atoms with Crippen LogP contribution >= 0.6 is 0 Å². The molecule has 1 heterocycles. The second-order valence-corrected chi connectivity index (χ2v) is 5.11. The van der Waals surface area contributed by atoms with Crippen LogP contribution in [0.4, 0.5) is 5.69 Å². The number of rotatable bonds is 5. The van der Waals surface area contributed by atoms with E-state index in [0.717, 1.165) is 37.2 Å². The highest BCUT2D eigenvalue weighted by Gasteiger charge is 2.15. The van der Waals surface area contributed by atoms with Crippen molar-refractivity contribution < 1.29 is 9.53 Å². The molecule has 0 amide bonds. The van der Waals surface area contributed by atoms with E-state index in [9.17, 15) is 4.79 Å². The molecule has 1 aliphatic heterocycles. The quantitative estimate of drug-likeness (QED) is 0.812. The molecule has 1 saturated heterocycles. The van der Waals surface area contributed by atoms with Crippen LogP contribution in [-0.2, 0) is 4.74 Å². The molecule has 0 spiro atoms. The summed E-state index contributed by atoms with van der Waals surface area (Å²) in [5.74, 6) is 0.247. The van der Waals surface area contributed by atoms with Crippen LogP contribution in [-0.4, -0.2) is 25.0 Å². The van der Waals surface area contributed by atoms with E-state index in [1.54, 1.807) is 0 Å². The fourth-order valence-electron chi connectivity index (χ4n) is 2.12. The molecule has 1 unspecified atom stereocenters. The molecule has 18 heavy (non-hydrogen) atoms. The minimum atomic E-state index is 0.0516. The number of hydrogen-bond acceptors (Lipinski definition) is 3. The van der Waals surface area contributed by atoms with E-state index in [2.05, 4.69) is 5.32 Å². The largest absolute Gasteiger partial charge is 0.382 e. The monoisotopic (exact) mass is 247 g/mol. The minimum absolute atomic E-state index is 0.0516. The predicted molar refractivity (Wildman–Crippen MR) is 73.1 cm³/mol. The minimum Gasteiger partial charge on any atom is -0.382 e. The molecule has 0 bridgehead atoms. The van der Waals surface area contributed by atoms with Gasteiger partial charge in [-0.2, -0.15) is 0 Å². The normalized spacial score (nSPS) is 19.2. The van der Waals surface area contributed by atoms with Crippen LogP contribution < -0.4 is 5.32 Å². The topological polar surface area (TPSA) is 38.3 Å². The highest BCUT2D eigenvalue weighted by Crippen LogP contribution is 2.16. The summed E-state index contributed by atoms with van der Waals surface area (Å²) in [4.78, 5) is 11.8. The summed E-state index contributed by atoms with van der Waals surface area (Å²) in [7, 11) is 0. The third-order valence-electron chi connectivity index (χ3n) is 3.25. The summed E-state index contributed by atoms with van der Waals surface area (Å²) < 4.78 is 5.55. The SMILES string of the molecule is CC(C)C(=O)c1ccc(NCC2CCCO2)cc1. The summed E-state index contributed by atoms with van der Waals surface area (Å²) in [5.41, 5.74) is 1.83. The van der Waals surface area contributed by atoms with E-state index in [4.69, 9.17) is 4.74 Å². The molecule has 3 heteroatoms. The number of Topliss-reactive ketones (excluding diaryl/α,β-unsaturated/α-hetero) is 1. The summed E-state index contributed by atoms with van der Waals surface area (Å²) in [6, 6.07) is 7.70. The van der Waals surface area contributed by atoms with Gasteiger partial charge in [0.15, 0.2) is 5.78 Å². The van der Waals surface area contributed by atoms with Gasteiger partial charge in [-0.05, 0) is 37.1 Å². The van der Waals surface area contributed by atoms with E-state index in [0.29, 0.717) is 6.10 Å². The fourth-order valence-corrected chi connectivity index (χ4v) is 2.12. The van der Waals surface area contributed by atoms with Gasteiger partial charge in [0.2, 0.25) is 0 Å². The molecule has 1 aliphatic rings. The van der Waals surface area contributed by atoms with Crippen molar-refractivity contribution in [2.75, 3.05) is 18.5 Å². The lowest BCUT2D eigenvalue weighted by Crippen LogP contribution is -2.18. The molecular weight excluding hydrogens is 226 g/mol. The molecule has 0 aromatic heterocycles. The highest BCUT2D eigenvalue weighted by molar-refractivity contribution is 5.97. The summed E-state index contributed by atoms with van der Waals surface area (Å²) >= 11 is 0. The molecule has 0 aliphatic carbocycles. The van der Waals surface area contributed by atoms with Gasteiger partial charge in [0.25, 0.3) is 0 Å². The number of hydrogen-bond donors (Lipinski definition) is 1. The maximum absolute atomic E-state index is 11.8. The van der Waals surface area contributed by atoms with E-state index in [1.807, 2.05) is 38.1 Å². The Labute approximate surface area is 109 Å². The average Bonchev–Trinajstić information content (AvgIpc) is 2.89. The maximum Gasteiger partial charge on any atom is 0.165 e. The molecule has 1 aromatic rings. The van der Waals surface area contributed by atoms with Crippen LogP contribution in [0.3, 0.4) is 0 Å². The standard InChI is InChI=1S/C15H21NO2/c1-11(2)15(17)12-5-7-13(8-6-12)16-10-14-4-3-9-18-14/h5-8,11,14,16H,3-4,9-10H2,1-2H3. The lowest BCUT2D eigenvalue weighted by Gasteiger charge is -2.12. The Morgan fingerprint density at radius 3 is 2.67 bits per heavy atom. The molecule has 98 valence electrons. The smallest absolute Gasteiger partial charge is 0.165 e. The van der Waals surface area contributed by atoms with Crippen LogP contribution in [0.25, 0.3) is 0 Å². The van der Waals surface area contributed by atoms with Gasteiger partial charge in [-0.15, -0.1) is 0 Å². The molecule has 0 radical (unpaired) electrons. The zero-order valence-corrected chi connectivity index (χ0v) is 11.1. The molecular formula is C15H21NO2. The zero-order valence-electron chi connectivity index (χ0n) is 11.1. The number of benzene rings is 1. The maximum atomic E-state index is 11.8. The highest BCUT2D eigenvalue weighted by atomic mass is 16.5. The van der Waals surface area contributed by atoms with Gasteiger partial charge in [-0.25, -0.2) is 0 Å². The number of ketones is 1. The Morgan fingerprint density at radius 1 is 1.39 bits per heavy atom. The van der Waals surface area contributed by atoms with Crippen molar-refractivity contribution >= 4 is 11.5 Å². The average molecular weight is 247 g/mol. The summed E-state index contributed by atoms with van der Waals surface area (Å²) in [5, 5.41) is 3.35. The van der Waals surface area contributed by atoms with Crippen LogP contribution in [0.5, 0.6) is 0 Å². The van der Waals surface area contributed by atoms with E-state index in [-0.39, 0.29) is 11.7 Å². The van der Waals surface area contributed by atoms with E-state index < -0.39 is 0 Å². The third kappa shape index (κ3) is 3.33. The molecule has 1 aromatic carbocycles. The lowest BCUT2D eigenvalue weighted by atomic mass is 10.0. The van der Waals surface area contributed by atoms with Gasteiger partial charge >= 0.3 is 0 Å². The van der Waals surface area contributed by atoms with Crippen molar-refractivity contribution in [3.63, 3.8) is 0 Å². The second kappa shape index (κ2) is 6.01. The molecule has 3 nitrogen and oxygen atoms in total. The third-order valence-corrected chi connectivity index (χ3v) is 3.25. The first-order valence-electron chi connectivity index (χ1n) is 6.66. The number of nitrogens with one attached hydrogen (secondary N) is 1. The first-order valence-corrected chi connectivity index (χ1v) is 6.66. The van der Waals surface area contributed by atoms with Crippen molar-refractivity contribution in [1.29, 1.82) is 0 Å². The Balaban J connectivity index is 1.89. The van der Waals surface area contributed by atoms with Crippen LogP contribution in [0.1, 0.15) is 37.0 Å². The number of anilines is 1. The van der Waals surface area contributed by atoms with Crippen molar-refractivity contribution in [2.24, 2.45) is 5.92 Å². The number of carbonyl (C=O) groups is 1. The lowest BCUT2D eigenvalue weighted by molar-refractivity contribution is 0.0939. The van der Waals surface area contributed by atoms with Gasteiger partial charge < -0.3 is 10.1 Å². The molecule has 1 N–H and O–H groups in total. The van der Waals surface area contributed by atoms with Crippen molar-refractivity contribution in [1.82, 2.24) is 0 Å². The first kappa shape index (κ1) is 13.1. The molecule has 1 fully saturated rings. The number of carbonyl (C=O) groups excluding carboxylic acids is 1. The van der Waals surface area contributed by atoms with Crippen molar-refractivity contribution in [3.8, 4) is 0 Å².